The van der Waals surface area contributed by atoms with Gasteiger partial charge in [-0.15, -0.1) is 0 Å². The Balaban J connectivity index is 2.73. The summed E-state index contributed by atoms with van der Waals surface area (Å²) in [6.07, 6.45) is 2.81. The Morgan fingerprint density at radius 3 is 2.92 bits per heavy atom. The van der Waals surface area contributed by atoms with E-state index in [1.54, 1.807) is 6.26 Å². The normalized spacial score (nSPS) is 10.8. The van der Waals surface area contributed by atoms with E-state index in [-0.39, 0.29) is 0 Å². The summed E-state index contributed by atoms with van der Waals surface area (Å²) in [5.41, 5.74) is 3.72. The topological polar surface area (TPSA) is 13.1 Å². The van der Waals surface area contributed by atoms with Crippen molar-refractivity contribution in [3.63, 3.8) is 0 Å². The van der Waals surface area contributed by atoms with Crippen LogP contribution in [-0.4, -0.2) is 0 Å². The maximum atomic E-state index is 5.32. The van der Waals surface area contributed by atoms with Gasteiger partial charge in [0, 0.05) is 5.39 Å². The lowest BCUT2D eigenvalue weighted by Gasteiger charge is -2.01. The van der Waals surface area contributed by atoms with Crippen LogP contribution in [0.4, 0.5) is 0 Å². The molecule has 0 atom stereocenters. The Labute approximate surface area is 72.0 Å². The SMILES string of the molecule is CCc1cc2occc2cc1C. The molecule has 0 aliphatic carbocycles. The molecule has 0 saturated heterocycles. The molecule has 0 bridgehead atoms. The maximum absolute atomic E-state index is 5.32. The number of hydrogen-bond donors (Lipinski definition) is 0. The van der Waals surface area contributed by atoms with E-state index in [1.165, 1.54) is 16.5 Å². The van der Waals surface area contributed by atoms with Crippen LogP contribution < -0.4 is 0 Å². The first kappa shape index (κ1) is 7.41. The molecule has 0 aliphatic heterocycles. The summed E-state index contributed by atoms with van der Waals surface area (Å²) in [5.74, 6) is 0. The van der Waals surface area contributed by atoms with Gasteiger partial charge in [0.1, 0.15) is 5.58 Å². The van der Waals surface area contributed by atoms with Gasteiger partial charge in [0.15, 0.2) is 0 Å². The van der Waals surface area contributed by atoms with E-state index >= 15 is 0 Å². The predicted octanol–water partition coefficient (Wildman–Crippen LogP) is 3.30. The van der Waals surface area contributed by atoms with Gasteiger partial charge in [0.25, 0.3) is 0 Å². The molecule has 0 saturated carbocycles. The van der Waals surface area contributed by atoms with Crippen LogP contribution in [0, 0.1) is 6.92 Å². The van der Waals surface area contributed by atoms with Crippen molar-refractivity contribution in [2.75, 3.05) is 0 Å². The Hall–Kier alpha value is -1.24. The van der Waals surface area contributed by atoms with Gasteiger partial charge in [-0.25, -0.2) is 0 Å². The van der Waals surface area contributed by atoms with Gasteiger partial charge in [-0.3, -0.25) is 0 Å². The molecule has 1 heterocycles. The third kappa shape index (κ3) is 1.02. The third-order valence-electron chi connectivity index (χ3n) is 2.29. The van der Waals surface area contributed by atoms with E-state index in [0.29, 0.717) is 0 Å². The van der Waals surface area contributed by atoms with Gasteiger partial charge >= 0.3 is 0 Å². The van der Waals surface area contributed by atoms with Crippen molar-refractivity contribution in [3.05, 3.63) is 35.6 Å². The summed E-state index contributed by atoms with van der Waals surface area (Å²) in [7, 11) is 0. The van der Waals surface area contributed by atoms with Crippen molar-refractivity contribution >= 4 is 11.0 Å². The second-order valence-electron chi connectivity index (χ2n) is 3.09. The van der Waals surface area contributed by atoms with E-state index < -0.39 is 0 Å². The van der Waals surface area contributed by atoms with Crippen molar-refractivity contribution < 1.29 is 4.42 Å². The highest BCUT2D eigenvalue weighted by Crippen LogP contribution is 2.20. The van der Waals surface area contributed by atoms with Crippen molar-refractivity contribution in [2.24, 2.45) is 0 Å². The molecule has 1 heteroatoms. The van der Waals surface area contributed by atoms with E-state index in [0.717, 1.165) is 12.0 Å². The van der Waals surface area contributed by atoms with Gasteiger partial charge in [-0.05, 0) is 42.7 Å². The van der Waals surface area contributed by atoms with Crippen LogP contribution in [0.2, 0.25) is 0 Å². The first-order valence-electron chi connectivity index (χ1n) is 4.28. The second-order valence-corrected chi connectivity index (χ2v) is 3.09. The maximum Gasteiger partial charge on any atom is 0.134 e. The molecule has 0 amide bonds. The fourth-order valence-electron chi connectivity index (χ4n) is 1.55. The molecule has 1 aromatic heterocycles. The number of rotatable bonds is 1. The smallest absolute Gasteiger partial charge is 0.134 e. The largest absolute Gasteiger partial charge is 0.464 e. The van der Waals surface area contributed by atoms with Crippen LogP contribution in [0.5, 0.6) is 0 Å². The summed E-state index contributed by atoms with van der Waals surface area (Å²) in [6.45, 7) is 4.31. The minimum Gasteiger partial charge on any atom is -0.464 e. The summed E-state index contributed by atoms with van der Waals surface area (Å²) in [6, 6.07) is 6.31. The summed E-state index contributed by atoms with van der Waals surface area (Å²) >= 11 is 0. The van der Waals surface area contributed by atoms with Gasteiger partial charge in [-0.1, -0.05) is 6.92 Å². The van der Waals surface area contributed by atoms with Crippen LogP contribution in [0.15, 0.2) is 28.9 Å². The van der Waals surface area contributed by atoms with E-state index in [9.17, 15) is 0 Å². The van der Waals surface area contributed by atoms with Crippen molar-refractivity contribution in [1.29, 1.82) is 0 Å². The number of fused-ring (bicyclic) bond motifs is 1. The first-order chi connectivity index (χ1) is 5.81. The van der Waals surface area contributed by atoms with Gasteiger partial charge in [-0.2, -0.15) is 0 Å². The van der Waals surface area contributed by atoms with Crippen molar-refractivity contribution in [2.45, 2.75) is 20.3 Å². The van der Waals surface area contributed by atoms with Crippen LogP contribution in [0.1, 0.15) is 18.1 Å². The van der Waals surface area contributed by atoms with Crippen molar-refractivity contribution in [1.82, 2.24) is 0 Å². The molecule has 0 radical (unpaired) electrons. The van der Waals surface area contributed by atoms with Gasteiger partial charge in [0.05, 0.1) is 6.26 Å². The van der Waals surface area contributed by atoms with E-state index in [2.05, 4.69) is 26.0 Å². The standard InChI is InChI=1S/C11H12O/c1-3-9-7-11-10(4-5-12-11)6-8(9)2/h4-7H,3H2,1-2H3. The number of hydrogen-bond acceptors (Lipinski definition) is 1. The Morgan fingerprint density at radius 2 is 2.17 bits per heavy atom. The fourth-order valence-corrected chi connectivity index (χ4v) is 1.55. The molecular weight excluding hydrogens is 148 g/mol. The molecule has 62 valence electrons. The van der Waals surface area contributed by atoms with Crippen LogP contribution in [-0.2, 0) is 6.42 Å². The predicted molar refractivity (Wildman–Crippen MR) is 50.3 cm³/mol. The van der Waals surface area contributed by atoms with E-state index in [1.807, 2.05) is 6.07 Å². The monoisotopic (exact) mass is 160 g/mol. The number of aryl methyl sites for hydroxylation is 2. The Kier molecular flexibility index (Phi) is 1.65. The average molecular weight is 160 g/mol. The molecule has 1 aromatic carbocycles. The van der Waals surface area contributed by atoms with Crippen LogP contribution >= 0.6 is 0 Å². The Morgan fingerprint density at radius 1 is 1.33 bits per heavy atom. The molecule has 1 nitrogen and oxygen atoms in total. The molecule has 0 N–H and O–H groups in total. The lowest BCUT2D eigenvalue weighted by molar-refractivity contribution is 0.615. The van der Waals surface area contributed by atoms with Crippen LogP contribution in [0.25, 0.3) is 11.0 Å². The molecule has 2 aromatic rings. The summed E-state index contributed by atoms with van der Waals surface area (Å²) in [4.78, 5) is 0. The second kappa shape index (κ2) is 2.67. The zero-order valence-corrected chi connectivity index (χ0v) is 7.42. The van der Waals surface area contributed by atoms with Crippen LogP contribution in [0.3, 0.4) is 0 Å². The summed E-state index contributed by atoms with van der Waals surface area (Å²) in [5, 5.41) is 1.20. The van der Waals surface area contributed by atoms with E-state index in [4.69, 9.17) is 4.42 Å². The lowest BCUT2D eigenvalue weighted by atomic mass is 10.0. The Bertz CT molecular complexity index is 398. The lowest BCUT2D eigenvalue weighted by Crippen LogP contribution is -1.84. The van der Waals surface area contributed by atoms with Gasteiger partial charge in [0.2, 0.25) is 0 Å². The zero-order valence-electron chi connectivity index (χ0n) is 7.42. The number of benzene rings is 1. The molecule has 0 spiro atoms. The molecule has 0 fully saturated rings. The quantitative estimate of drug-likeness (QED) is 0.623. The molecule has 12 heavy (non-hydrogen) atoms. The zero-order chi connectivity index (χ0) is 8.55. The molecule has 0 unspecified atom stereocenters. The first-order valence-corrected chi connectivity index (χ1v) is 4.28. The minimum atomic E-state index is 0.998. The third-order valence-corrected chi connectivity index (χ3v) is 2.29. The number of furan rings is 1. The highest BCUT2D eigenvalue weighted by molar-refractivity contribution is 5.78. The van der Waals surface area contributed by atoms with Gasteiger partial charge < -0.3 is 4.42 Å². The minimum absolute atomic E-state index is 0.998. The molecule has 0 aliphatic rings. The average Bonchev–Trinajstić information content (AvgIpc) is 2.49. The highest BCUT2D eigenvalue weighted by atomic mass is 16.3. The molecular formula is C11H12O. The fraction of sp³-hybridized carbons (Fsp3) is 0.273. The molecule has 2 rings (SSSR count). The van der Waals surface area contributed by atoms with Crippen molar-refractivity contribution in [3.8, 4) is 0 Å². The highest BCUT2D eigenvalue weighted by Gasteiger charge is 2.00. The summed E-state index contributed by atoms with van der Waals surface area (Å²) < 4.78 is 5.32.